The first-order valence-electron chi connectivity index (χ1n) is 16.3. The van der Waals surface area contributed by atoms with Crippen LogP contribution in [0, 0.1) is 0 Å². The second-order valence-electron chi connectivity index (χ2n) is 12.5. The molecule has 0 spiro atoms. The van der Waals surface area contributed by atoms with E-state index in [9.17, 15) is 0 Å². The molecule has 0 radical (unpaired) electrons. The minimum Gasteiger partial charge on any atom is -0.208 e. The van der Waals surface area contributed by atoms with Gasteiger partial charge in [-0.15, -0.1) is 11.3 Å². The van der Waals surface area contributed by atoms with E-state index in [-0.39, 0.29) is 0 Å². The van der Waals surface area contributed by atoms with E-state index < -0.39 is 0 Å². The number of halogens is 1. The quantitative estimate of drug-likeness (QED) is 0.189. The summed E-state index contributed by atoms with van der Waals surface area (Å²) in [7, 11) is 0. The molecule has 0 aliphatic heterocycles. The molecule has 0 saturated heterocycles. The average molecular weight is 656 g/mol. The van der Waals surface area contributed by atoms with E-state index in [0.717, 1.165) is 33.2 Å². The standard InChI is InChI=1S/C43H30ClN3S/c1-26-31-16-8-9-17-33(31)32-21-20-29(24-30(32)25-36(26)27-12-4-2-5-13-27)42-45-41(28-14-6-3-7-15-28)46-43(47-42)39-37(44)23-22-35-34-18-10-11-19-38(34)48-40(35)39/h2-24,26,36H,25H2,1H3. The topological polar surface area (TPSA) is 38.7 Å². The minimum atomic E-state index is 0.335. The van der Waals surface area contributed by atoms with Gasteiger partial charge in [0.25, 0.3) is 0 Å². The summed E-state index contributed by atoms with van der Waals surface area (Å²) in [4.78, 5) is 15.4. The van der Waals surface area contributed by atoms with Crippen molar-refractivity contribution >= 4 is 43.1 Å². The Morgan fingerprint density at radius 2 is 1.29 bits per heavy atom. The molecule has 0 bridgehead atoms. The van der Waals surface area contributed by atoms with Gasteiger partial charge in [0.05, 0.1) is 10.6 Å². The average Bonchev–Trinajstić information content (AvgIpc) is 3.46. The fourth-order valence-corrected chi connectivity index (χ4v) is 8.89. The molecule has 0 N–H and O–H groups in total. The van der Waals surface area contributed by atoms with Crippen LogP contribution < -0.4 is 0 Å². The predicted molar refractivity (Wildman–Crippen MR) is 201 cm³/mol. The van der Waals surface area contributed by atoms with Crippen LogP contribution in [0.15, 0.2) is 140 Å². The molecule has 3 nitrogen and oxygen atoms in total. The van der Waals surface area contributed by atoms with Gasteiger partial charge in [-0.05, 0) is 64.3 Å². The van der Waals surface area contributed by atoms with Gasteiger partial charge in [0, 0.05) is 31.3 Å². The van der Waals surface area contributed by atoms with Gasteiger partial charge in [-0.1, -0.05) is 140 Å². The smallest absolute Gasteiger partial charge is 0.167 e. The summed E-state index contributed by atoms with van der Waals surface area (Å²) in [5.74, 6) is 2.54. The van der Waals surface area contributed by atoms with E-state index >= 15 is 0 Å². The molecular weight excluding hydrogens is 626 g/mol. The molecule has 9 rings (SSSR count). The van der Waals surface area contributed by atoms with Gasteiger partial charge in [0.1, 0.15) is 0 Å². The molecule has 8 aromatic rings. The molecule has 0 amide bonds. The summed E-state index contributed by atoms with van der Waals surface area (Å²) in [5.41, 5.74) is 9.36. The molecule has 0 fully saturated rings. The Hall–Kier alpha value is -5.16. The van der Waals surface area contributed by atoms with Crippen molar-refractivity contribution in [2.45, 2.75) is 25.2 Å². The van der Waals surface area contributed by atoms with Crippen LogP contribution >= 0.6 is 22.9 Å². The monoisotopic (exact) mass is 655 g/mol. The van der Waals surface area contributed by atoms with Gasteiger partial charge < -0.3 is 0 Å². The van der Waals surface area contributed by atoms with Gasteiger partial charge in [0.15, 0.2) is 17.5 Å². The van der Waals surface area contributed by atoms with E-state index in [1.54, 1.807) is 11.3 Å². The molecule has 2 unspecified atom stereocenters. The Morgan fingerprint density at radius 3 is 2.12 bits per heavy atom. The highest BCUT2D eigenvalue weighted by atomic mass is 35.5. The Morgan fingerprint density at radius 1 is 0.604 bits per heavy atom. The predicted octanol–water partition coefficient (Wildman–Crippen LogP) is 12.0. The fourth-order valence-electron chi connectivity index (χ4n) is 7.35. The molecule has 5 heteroatoms. The first-order chi connectivity index (χ1) is 23.6. The van der Waals surface area contributed by atoms with Crippen LogP contribution in [0.4, 0.5) is 0 Å². The number of aromatic nitrogens is 3. The Kier molecular flexibility index (Phi) is 7.14. The van der Waals surface area contributed by atoms with Crippen molar-refractivity contribution in [2.75, 3.05) is 0 Å². The molecule has 1 aliphatic rings. The lowest BCUT2D eigenvalue weighted by atomic mass is 9.80. The van der Waals surface area contributed by atoms with E-state index in [1.807, 2.05) is 36.4 Å². The third kappa shape index (κ3) is 4.92. The lowest BCUT2D eigenvalue weighted by Gasteiger charge is -2.24. The Bertz CT molecular complexity index is 2470. The molecule has 2 atom stereocenters. The zero-order chi connectivity index (χ0) is 32.2. The summed E-state index contributed by atoms with van der Waals surface area (Å²) < 4.78 is 2.29. The highest BCUT2D eigenvalue weighted by Gasteiger charge is 2.29. The van der Waals surface area contributed by atoms with Crippen molar-refractivity contribution in [2.24, 2.45) is 0 Å². The highest BCUT2D eigenvalue weighted by Crippen LogP contribution is 2.46. The molecular formula is C43H30ClN3S. The number of hydrogen-bond donors (Lipinski definition) is 0. The third-order valence-electron chi connectivity index (χ3n) is 9.76. The molecule has 6 aromatic carbocycles. The van der Waals surface area contributed by atoms with Crippen molar-refractivity contribution in [3.05, 3.63) is 161 Å². The third-order valence-corrected chi connectivity index (χ3v) is 11.3. The largest absolute Gasteiger partial charge is 0.208 e. The van der Waals surface area contributed by atoms with Crippen LogP contribution in [0.3, 0.4) is 0 Å². The Labute approximate surface area is 288 Å². The van der Waals surface area contributed by atoms with Crippen LogP contribution in [0.1, 0.15) is 35.4 Å². The van der Waals surface area contributed by atoms with E-state index in [4.69, 9.17) is 26.6 Å². The lowest BCUT2D eigenvalue weighted by molar-refractivity contribution is 0.579. The number of rotatable bonds is 4. The molecule has 48 heavy (non-hydrogen) atoms. The van der Waals surface area contributed by atoms with Crippen molar-refractivity contribution in [1.82, 2.24) is 15.0 Å². The zero-order valence-corrected chi connectivity index (χ0v) is 27.8. The SMILES string of the molecule is CC1c2ccccc2-c2ccc(-c3nc(-c4ccccc4)nc(-c4c(Cl)ccc5c4sc4ccccc45)n3)cc2CC1c1ccccc1. The number of hydrogen-bond acceptors (Lipinski definition) is 4. The van der Waals surface area contributed by atoms with Crippen LogP contribution in [0.2, 0.25) is 5.02 Å². The molecule has 1 aliphatic carbocycles. The maximum Gasteiger partial charge on any atom is 0.167 e. The van der Waals surface area contributed by atoms with Gasteiger partial charge in [-0.25, -0.2) is 15.0 Å². The zero-order valence-electron chi connectivity index (χ0n) is 26.3. The van der Waals surface area contributed by atoms with Crippen molar-refractivity contribution in [1.29, 1.82) is 0 Å². The normalized spacial score (nSPS) is 15.6. The van der Waals surface area contributed by atoms with Gasteiger partial charge >= 0.3 is 0 Å². The van der Waals surface area contributed by atoms with Crippen molar-refractivity contribution < 1.29 is 0 Å². The molecule has 2 heterocycles. The summed E-state index contributed by atoms with van der Waals surface area (Å²) in [6, 6.07) is 49.2. The van der Waals surface area contributed by atoms with Crippen LogP contribution in [0.25, 0.3) is 65.5 Å². The maximum atomic E-state index is 7.02. The fraction of sp³-hybridized carbons (Fsp3) is 0.0930. The van der Waals surface area contributed by atoms with Crippen LogP contribution in [-0.2, 0) is 6.42 Å². The Balaban J connectivity index is 1.25. The minimum absolute atomic E-state index is 0.335. The number of benzene rings is 6. The first-order valence-corrected chi connectivity index (χ1v) is 17.5. The van der Waals surface area contributed by atoms with Crippen molar-refractivity contribution in [3.8, 4) is 45.3 Å². The molecule has 2 aromatic heterocycles. The van der Waals surface area contributed by atoms with Crippen molar-refractivity contribution in [3.63, 3.8) is 0 Å². The number of nitrogens with zero attached hydrogens (tertiary/aromatic N) is 3. The summed E-state index contributed by atoms with van der Waals surface area (Å²) in [6.45, 7) is 2.37. The second-order valence-corrected chi connectivity index (χ2v) is 14.0. The summed E-state index contributed by atoms with van der Waals surface area (Å²) in [5, 5.41) is 2.99. The van der Waals surface area contributed by atoms with E-state index in [2.05, 4.69) is 110 Å². The number of thiophene rings is 1. The first kappa shape index (κ1) is 29.0. The van der Waals surface area contributed by atoms with E-state index in [1.165, 1.54) is 37.9 Å². The second kappa shape index (κ2) is 11.8. The molecule has 230 valence electrons. The van der Waals surface area contributed by atoms with E-state index in [0.29, 0.717) is 34.3 Å². The molecule has 0 saturated carbocycles. The highest BCUT2D eigenvalue weighted by molar-refractivity contribution is 7.26. The van der Waals surface area contributed by atoms with Crippen LogP contribution in [-0.4, -0.2) is 15.0 Å². The van der Waals surface area contributed by atoms with Crippen LogP contribution in [0.5, 0.6) is 0 Å². The van der Waals surface area contributed by atoms with Gasteiger partial charge in [-0.2, -0.15) is 0 Å². The summed E-state index contributed by atoms with van der Waals surface area (Å²) in [6.07, 6.45) is 0.916. The van der Waals surface area contributed by atoms with Gasteiger partial charge in [-0.3, -0.25) is 0 Å². The maximum absolute atomic E-state index is 7.02. The lowest BCUT2D eigenvalue weighted by Crippen LogP contribution is -2.10. The summed E-state index contributed by atoms with van der Waals surface area (Å²) >= 11 is 8.75. The number of fused-ring (bicyclic) bond motifs is 6. The van der Waals surface area contributed by atoms with Gasteiger partial charge in [0.2, 0.25) is 0 Å².